The highest BCUT2D eigenvalue weighted by molar-refractivity contribution is 6.11. The molecule has 2 nitrogen and oxygen atoms in total. The van der Waals surface area contributed by atoms with E-state index in [4.69, 9.17) is 5.73 Å². The van der Waals surface area contributed by atoms with Crippen LogP contribution in [0.2, 0.25) is 0 Å². The quantitative estimate of drug-likeness (QED) is 0.280. The maximum atomic E-state index is 5.18. The van der Waals surface area contributed by atoms with Gasteiger partial charge in [0, 0.05) is 6.07 Å². The van der Waals surface area contributed by atoms with Gasteiger partial charge in [-0.1, -0.05) is 0 Å². The summed E-state index contributed by atoms with van der Waals surface area (Å²) in [4.78, 5) is 0. The third-order valence-corrected chi connectivity index (χ3v) is 0.455. The van der Waals surface area contributed by atoms with Gasteiger partial charge in [0.05, 0.1) is 0 Å². The van der Waals surface area contributed by atoms with Crippen molar-refractivity contribution < 1.29 is 0 Å². The van der Waals surface area contributed by atoms with E-state index < -0.39 is 0 Å². The second-order valence-corrected chi connectivity index (χ2v) is 1.08. The minimum atomic E-state index is 0.134. The summed E-state index contributed by atoms with van der Waals surface area (Å²) in [5.41, 5.74) is 5.18. The molecule has 0 aliphatic carbocycles. The zero-order valence-electron chi connectivity index (χ0n) is 3.65. The van der Waals surface area contributed by atoms with Gasteiger partial charge < -0.3 is 11.1 Å². The molecule has 30 valence electrons. The highest BCUT2D eigenvalue weighted by Crippen LogP contribution is 1.42. The average Bonchev–Trinajstić information content (AvgIpc) is 1.38. The smallest absolute Gasteiger partial charge is 0.141 e. The van der Waals surface area contributed by atoms with Gasteiger partial charge in [0.2, 0.25) is 0 Å². The zero-order valence-corrected chi connectivity index (χ0v) is 3.65. The first-order valence-corrected chi connectivity index (χ1v) is 1.70. The molecule has 0 fully saturated rings. The van der Waals surface area contributed by atoms with Crippen LogP contribution >= 0.6 is 0 Å². The highest BCUT2D eigenvalue weighted by Gasteiger charge is 1.77. The van der Waals surface area contributed by atoms with Crippen molar-refractivity contribution in [1.29, 1.82) is 0 Å². The summed E-state index contributed by atoms with van der Waals surface area (Å²) in [5, 5.41) is 2.81. The molecule has 0 rings (SSSR count). The lowest BCUT2D eigenvalue weighted by Gasteiger charge is -1.96. The number of nitrogens with two attached hydrogens (primary N) is 1. The molecule has 0 saturated carbocycles. The summed E-state index contributed by atoms with van der Waals surface area (Å²) in [6.07, 6.45) is 0. The van der Waals surface area contributed by atoms with Crippen molar-refractivity contribution in [2.75, 3.05) is 7.05 Å². The maximum absolute atomic E-state index is 5.18. The zero-order chi connectivity index (χ0) is 4.28. The van der Waals surface area contributed by atoms with Crippen LogP contribution in [0.25, 0.3) is 0 Å². The van der Waals surface area contributed by atoms with Crippen molar-refractivity contribution in [2.24, 2.45) is 5.73 Å². The SMILES string of the molecule is BC(N)NC. The van der Waals surface area contributed by atoms with Crippen molar-refractivity contribution >= 4 is 7.85 Å². The third-order valence-electron chi connectivity index (χ3n) is 0.455. The number of hydrogen-bond donors (Lipinski definition) is 2. The first kappa shape index (κ1) is 4.98. The fourth-order valence-electron chi connectivity index (χ4n) is 0. The van der Waals surface area contributed by atoms with E-state index in [9.17, 15) is 0 Å². The van der Waals surface area contributed by atoms with E-state index in [1.54, 1.807) is 0 Å². The molecule has 0 aliphatic rings. The van der Waals surface area contributed by atoms with Gasteiger partial charge in [0.25, 0.3) is 0 Å². The Morgan fingerprint density at radius 1 is 2.00 bits per heavy atom. The van der Waals surface area contributed by atoms with Crippen LogP contribution < -0.4 is 11.1 Å². The van der Waals surface area contributed by atoms with Gasteiger partial charge in [0.15, 0.2) is 0 Å². The molecule has 0 aliphatic heterocycles. The number of nitrogens with one attached hydrogen (secondary N) is 1. The molecule has 0 heterocycles. The van der Waals surface area contributed by atoms with Crippen LogP contribution in [0.3, 0.4) is 0 Å². The van der Waals surface area contributed by atoms with E-state index in [2.05, 4.69) is 5.32 Å². The van der Waals surface area contributed by atoms with E-state index in [1.807, 2.05) is 14.9 Å². The maximum Gasteiger partial charge on any atom is 0.141 e. The predicted molar refractivity (Wildman–Crippen MR) is 25.6 cm³/mol. The molecular formula is C2H9BN2. The molecule has 0 aromatic carbocycles. The Bertz CT molecular complexity index is 21.6. The van der Waals surface area contributed by atoms with Crippen LogP contribution in [0.5, 0.6) is 0 Å². The molecule has 1 unspecified atom stereocenters. The summed E-state index contributed by atoms with van der Waals surface area (Å²) in [6, 6.07) is 0.134. The minimum absolute atomic E-state index is 0.134. The van der Waals surface area contributed by atoms with Gasteiger partial charge in [-0.05, 0) is 7.05 Å². The van der Waals surface area contributed by atoms with Crippen LogP contribution in [0, 0.1) is 0 Å². The molecule has 0 aromatic rings. The van der Waals surface area contributed by atoms with Gasteiger partial charge in [0.1, 0.15) is 7.85 Å². The van der Waals surface area contributed by atoms with Crippen LogP contribution in [0.1, 0.15) is 0 Å². The van der Waals surface area contributed by atoms with Crippen molar-refractivity contribution in [2.45, 2.75) is 6.07 Å². The van der Waals surface area contributed by atoms with Gasteiger partial charge in [-0.2, -0.15) is 0 Å². The summed E-state index contributed by atoms with van der Waals surface area (Å²) < 4.78 is 0. The van der Waals surface area contributed by atoms with Gasteiger partial charge >= 0.3 is 0 Å². The Morgan fingerprint density at radius 3 is 2.20 bits per heavy atom. The Hall–Kier alpha value is -0.0151. The van der Waals surface area contributed by atoms with Crippen LogP contribution in [0.4, 0.5) is 0 Å². The molecular weight excluding hydrogens is 62.8 g/mol. The summed E-state index contributed by atoms with van der Waals surface area (Å²) in [7, 11) is 3.71. The topological polar surface area (TPSA) is 38.0 Å². The number of rotatable bonds is 1. The molecule has 0 amide bonds. The molecule has 1 atom stereocenters. The number of hydrogen-bond acceptors (Lipinski definition) is 2. The molecule has 0 aromatic heterocycles. The van der Waals surface area contributed by atoms with Crippen molar-refractivity contribution in [3.05, 3.63) is 0 Å². The van der Waals surface area contributed by atoms with E-state index >= 15 is 0 Å². The van der Waals surface area contributed by atoms with Gasteiger partial charge in [-0.3, -0.25) is 0 Å². The highest BCUT2D eigenvalue weighted by atomic mass is 15.0. The fraction of sp³-hybridized carbons (Fsp3) is 1.00. The third kappa shape index (κ3) is 3.98. The summed E-state index contributed by atoms with van der Waals surface area (Å²) >= 11 is 0. The van der Waals surface area contributed by atoms with Gasteiger partial charge in [-0.25, -0.2) is 0 Å². The van der Waals surface area contributed by atoms with Crippen LogP contribution in [-0.4, -0.2) is 21.0 Å². The Balaban J connectivity index is 2.54. The van der Waals surface area contributed by atoms with Crippen molar-refractivity contribution in [3.63, 3.8) is 0 Å². The van der Waals surface area contributed by atoms with Crippen LogP contribution in [-0.2, 0) is 0 Å². The summed E-state index contributed by atoms with van der Waals surface area (Å²) in [6.45, 7) is 0. The largest absolute Gasteiger partial charge is 0.323 e. The minimum Gasteiger partial charge on any atom is -0.323 e. The molecule has 0 saturated heterocycles. The van der Waals surface area contributed by atoms with E-state index in [-0.39, 0.29) is 6.07 Å². The molecule has 0 bridgehead atoms. The van der Waals surface area contributed by atoms with Crippen molar-refractivity contribution in [3.8, 4) is 0 Å². The lowest BCUT2D eigenvalue weighted by atomic mass is 10.1. The predicted octanol–water partition coefficient (Wildman–Crippen LogP) is -1.92. The van der Waals surface area contributed by atoms with E-state index in [1.165, 1.54) is 0 Å². The van der Waals surface area contributed by atoms with Crippen molar-refractivity contribution in [1.82, 2.24) is 5.32 Å². The molecule has 0 radical (unpaired) electrons. The second kappa shape index (κ2) is 2.24. The first-order valence-electron chi connectivity index (χ1n) is 1.70. The monoisotopic (exact) mass is 72.1 g/mol. The lowest BCUT2D eigenvalue weighted by Crippen LogP contribution is -2.34. The standard InChI is InChI=1S/C2H9BN2/c1-5-2(3)4/h2,5H,3-4H2,1H3. The normalized spacial score (nSPS) is 14.8. The van der Waals surface area contributed by atoms with E-state index in [0.29, 0.717) is 0 Å². The van der Waals surface area contributed by atoms with E-state index in [0.717, 1.165) is 0 Å². The lowest BCUT2D eigenvalue weighted by molar-refractivity contribution is 0.763. The van der Waals surface area contributed by atoms with Gasteiger partial charge in [-0.15, -0.1) is 0 Å². The first-order chi connectivity index (χ1) is 2.27. The molecule has 0 spiro atoms. The fourth-order valence-corrected chi connectivity index (χ4v) is 0. The molecule has 3 N–H and O–H groups in total. The molecule has 5 heavy (non-hydrogen) atoms. The Kier molecular flexibility index (Phi) is 2.23. The molecule has 3 heteroatoms. The average molecular weight is 71.9 g/mol. The van der Waals surface area contributed by atoms with Crippen LogP contribution in [0.15, 0.2) is 0 Å². The summed E-state index contributed by atoms with van der Waals surface area (Å²) in [5.74, 6) is 0. The Morgan fingerprint density at radius 2 is 2.20 bits per heavy atom. The Labute approximate surface area is 33.1 Å². The second-order valence-electron chi connectivity index (χ2n) is 1.08.